The number of carbonyl (C=O) groups excluding carboxylic acids is 1. The fraction of sp³-hybridized carbons (Fsp3) is 0.444. The van der Waals surface area contributed by atoms with Gasteiger partial charge in [0.2, 0.25) is 0 Å². The summed E-state index contributed by atoms with van der Waals surface area (Å²) in [7, 11) is 1.33. The van der Waals surface area contributed by atoms with Crippen LogP contribution in [-0.4, -0.2) is 19.1 Å². The van der Waals surface area contributed by atoms with E-state index >= 15 is 0 Å². The molecule has 72 valence electrons. The van der Waals surface area contributed by atoms with Crippen LogP contribution in [0.3, 0.4) is 0 Å². The van der Waals surface area contributed by atoms with Gasteiger partial charge in [0.1, 0.15) is 0 Å². The number of halogens is 1. The number of rotatable bonds is 1. The number of carbonyl (C=O) groups is 1. The van der Waals surface area contributed by atoms with Crippen LogP contribution in [0.5, 0.6) is 0 Å². The molecule has 4 heteroatoms. The monoisotopic (exact) mass is 201 g/mol. The van der Waals surface area contributed by atoms with E-state index in [4.69, 9.17) is 17.3 Å². The van der Waals surface area contributed by atoms with Crippen molar-refractivity contribution in [3.05, 3.63) is 22.3 Å². The van der Waals surface area contributed by atoms with Gasteiger partial charge < -0.3 is 10.5 Å². The lowest BCUT2D eigenvalue weighted by atomic mass is 9.94. The Balaban J connectivity index is 3.07. The van der Waals surface area contributed by atoms with Crippen LogP contribution < -0.4 is 5.73 Å². The second kappa shape index (κ2) is 3.94. The Bertz CT molecular complexity index is 294. The third kappa shape index (κ3) is 1.92. The number of nitrogens with two attached hydrogens (primary N) is 1. The molecule has 0 amide bonds. The molecule has 0 aromatic heterocycles. The van der Waals surface area contributed by atoms with Gasteiger partial charge in [0.25, 0.3) is 0 Å². The van der Waals surface area contributed by atoms with Crippen LogP contribution in [0.2, 0.25) is 0 Å². The largest absolute Gasteiger partial charge is 0.465 e. The Kier molecular flexibility index (Phi) is 3.12. The Labute approximate surface area is 82.2 Å². The summed E-state index contributed by atoms with van der Waals surface area (Å²) in [5.41, 5.74) is 6.95. The van der Waals surface area contributed by atoms with E-state index < -0.39 is 5.97 Å². The molecule has 0 radical (unpaired) electrons. The molecule has 0 bridgehead atoms. The Morgan fingerprint density at radius 2 is 2.38 bits per heavy atom. The van der Waals surface area contributed by atoms with E-state index in [-0.39, 0.29) is 6.04 Å². The highest BCUT2D eigenvalue weighted by Crippen LogP contribution is 2.27. The number of hydrogen-bond donors (Lipinski definition) is 1. The molecule has 0 fully saturated rings. The molecule has 1 unspecified atom stereocenters. The predicted molar refractivity (Wildman–Crippen MR) is 51.2 cm³/mol. The van der Waals surface area contributed by atoms with Crippen molar-refractivity contribution < 1.29 is 9.53 Å². The predicted octanol–water partition coefficient (Wildman–Crippen LogP) is 1.33. The molecular formula is C9H12ClNO2. The molecule has 0 spiro atoms. The van der Waals surface area contributed by atoms with Crippen molar-refractivity contribution in [1.82, 2.24) is 0 Å². The maximum Gasteiger partial charge on any atom is 0.339 e. The van der Waals surface area contributed by atoms with Gasteiger partial charge in [-0.2, -0.15) is 0 Å². The van der Waals surface area contributed by atoms with Gasteiger partial charge in [-0.1, -0.05) is 17.7 Å². The van der Waals surface area contributed by atoms with Gasteiger partial charge in [0.05, 0.1) is 17.7 Å². The van der Waals surface area contributed by atoms with Crippen LogP contribution in [0, 0.1) is 0 Å². The van der Waals surface area contributed by atoms with Crippen molar-refractivity contribution in [1.29, 1.82) is 0 Å². The van der Waals surface area contributed by atoms with Crippen molar-refractivity contribution in [2.45, 2.75) is 19.4 Å². The van der Waals surface area contributed by atoms with E-state index in [1.54, 1.807) is 13.0 Å². The summed E-state index contributed by atoms with van der Waals surface area (Å²) in [6.45, 7) is 1.80. The molecular weight excluding hydrogens is 190 g/mol. The highest BCUT2D eigenvalue weighted by molar-refractivity contribution is 6.35. The standard InChI is InChI=1S/C9H12ClNO2/c1-5-7(11)4-3-6(10)8(5)9(12)13-2/h3,7H,4,11H2,1-2H3. The Morgan fingerprint density at radius 1 is 1.77 bits per heavy atom. The van der Waals surface area contributed by atoms with Gasteiger partial charge in [-0.05, 0) is 18.9 Å². The van der Waals surface area contributed by atoms with E-state index in [2.05, 4.69) is 4.74 Å². The molecule has 1 aliphatic carbocycles. The summed E-state index contributed by atoms with van der Waals surface area (Å²) in [5, 5.41) is 0.436. The molecule has 0 saturated carbocycles. The van der Waals surface area contributed by atoms with Gasteiger partial charge in [-0.15, -0.1) is 0 Å². The topological polar surface area (TPSA) is 52.3 Å². The van der Waals surface area contributed by atoms with Crippen LogP contribution in [-0.2, 0) is 9.53 Å². The van der Waals surface area contributed by atoms with Crippen LogP contribution in [0.1, 0.15) is 13.3 Å². The summed E-state index contributed by atoms with van der Waals surface area (Å²) in [5.74, 6) is -0.422. The first-order valence-corrected chi connectivity index (χ1v) is 4.36. The lowest BCUT2D eigenvalue weighted by molar-refractivity contribution is -0.135. The summed E-state index contributed by atoms with van der Waals surface area (Å²) in [6.07, 6.45) is 2.41. The Hall–Kier alpha value is -0.800. The molecule has 3 nitrogen and oxygen atoms in total. The van der Waals surface area contributed by atoms with Crippen molar-refractivity contribution in [2.24, 2.45) is 5.73 Å². The molecule has 1 aliphatic rings. The van der Waals surface area contributed by atoms with E-state index in [0.29, 0.717) is 17.0 Å². The SMILES string of the molecule is COC(=O)C1=C(C)C(N)CC=C1Cl. The first kappa shape index (κ1) is 10.3. The quantitative estimate of drug-likeness (QED) is 0.652. The molecule has 1 atom stereocenters. The van der Waals surface area contributed by atoms with Crippen molar-refractivity contribution >= 4 is 17.6 Å². The van der Waals surface area contributed by atoms with Gasteiger partial charge in [0, 0.05) is 6.04 Å². The first-order valence-electron chi connectivity index (χ1n) is 3.98. The molecule has 0 aromatic carbocycles. The molecule has 0 aliphatic heterocycles. The molecule has 0 saturated heterocycles. The molecule has 13 heavy (non-hydrogen) atoms. The fourth-order valence-corrected chi connectivity index (χ4v) is 1.56. The minimum absolute atomic E-state index is 0.128. The van der Waals surface area contributed by atoms with Gasteiger partial charge in [-0.25, -0.2) is 4.79 Å². The van der Waals surface area contributed by atoms with Crippen LogP contribution >= 0.6 is 11.6 Å². The van der Waals surface area contributed by atoms with Crippen LogP contribution in [0.4, 0.5) is 0 Å². The number of esters is 1. The second-order valence-corrected chi connectivity index (χ2v) is 3.35. The zero-order valence-electron chi connectivity index (χ0n) is 7.63. The molecule has 0 heterocycles. The summed E-state index contributed by atoms with van der Waals surface area (Å²) in [6, 6.07) is -0.128. The van der Waals surface area contributed by atoms with Crippen molar-refractivity contribution in [3.63, 3.8) is 0 Å². The normalized spacial score (nSPS) is 22.8. The third-order valence-electron chi connectivity index (χ3n) is 2.13. The average Bonchev–Trinajstić information content (AvgIpc) is 2.12. The third-order valence-corrected chi connectivity index (χ3v) is 2.47. The molecule has 2 N–H and O–H groups in total. The van der Waals surface area contributed by atoms with Gasteiger partial charge in [-0.3, -0.25) is 0 Å². The zero-order chi connectivity index (χ0) is 10.0. The van der Waals surface area contributed by atoms with Crippen LogP contribution in [0.25, 0.3) is 0 Å². The zero-order valence-corrected chi connectivity index (χ0v) is 8.39. The van der Waals surface area contributed by atoms with Crippen LogP contribution in [0.15, 0.2) is 22.3 Å². The fourth-order valence-electron chi connectivity index (χ4n) is 1.24. The molecule has 0 aromatic rings. The van der Waals surface area contributed by atoms with Gasteiger partial charge >= 0.3 is 5.97 Å². The second-order valence-electron chi connectivity index (χ2n) is 2.94. The summed E-state index contributed by atoms with van der Waals surface area (Å²) >= 11 is 5.86. The Morgan fingerprint density at radius 3 is 2.92 bits per heavy atom. The summed E-state index contributed by atoms with van der Waals surface area (Å²) in [4.78, 5) is 11.3. The summed E-state index contributed by atoms with van der Waals surface area (Å²) < 4.78 is 4.60. The minimum atomic E-state index is -0.422. The average molecular weight is 202 g/mol. The van der Waals surface area contributed by atoms with Gasteiger partial charge in [0.15, 0.2) is 0 Å². The number of hydrogen-bond acceptors (Lipinski definition) is 3. The molecule has 1 rings (SSSR count). The van der Waals surface area contributed by atoms with E-state index in [9.17, 15) is 4.79 Å². The van der Waals surface area contributed by atoms with E-state index in [1.807, 2.05) is 0 Å². The van der Waals surface area contributed by atoms with Crippen molar-refractivity contribution in [3.8, 4) is 0 Å². The smallest absolute Gasteiger partial charge is 0.339 e. The minimum Gasteiger partial charge on any atom is -0.465 e. The maximum absolute atomic E-state index is 11.3. The highest BCUT2D eigenvalue weighted by Gasteiger charge is 2.23. The van der Waals surface area contributed by atoms with E-state index in [1.165, 1.54) is 7.11 Å². The number of methoxy groups -OCH3 is 1. The maximum atomic E-state index is 11.3. The van der Waals surface area contributed by atoms with Crippen molar-refractivity contribution in [2.75, 3.05) is 7.11 Å². The number of ether oxygens (including phenoxy) is 1. The van der Waals surface area contributed by atoms with E-state index in [0.717, 1.165) is 5.57 Å². The highest BCUT2D eigenvalue weighted by atomic mass is 35.5. The lowest BCUT2D eigenvalue weighted by Gasteiger charge is -2.19. The first-order chi connectivity index (χ1) is 6.07. The lowest BCUT2D eigenvalue weighted by Crippen LogP contribution is -2.26.